The summed E-state index contributed by atoms with van der Waals surface area (Å²) in [7, 11) is -4.27. The first kappa shape index (κ1) is 17.3. The number of hydrogen-bond donors (Lipinski definition) is 0. The fraction of sp³-hybridized carbons (Fsp3) is 0.562. The van der Waals surface area contributed by atoms with Crippen molar-refractivity contribution in [3.63, 3.8) is 0 Å². The summed E-state index contributed by atoms with van der Waals surface area (Å²) in [6.07, 6.45) is 3.56. The van der Waals surface area contributed by atoms with Gasteiger partial charge in [-0.15, -0.1) is 0 Å². The molecule has 132 valence electrons. The topological polar surface area (TPSA) is 57.7 Å². The number of piperidine rings is 1. The molecule has 1 aromatic rings. The van der Waals surface area contributed by atoms with Gasteiger partial charge in [0.2, 0.25) is 15.9 Å². The summed E-state index contributed by atoms with van der Waals surface area (Å²) in [5.74, 6) is -2.06. The molecule has 2 aliphatic rings. The van der Waals surface area contributed by atoms with Gasteiger partial charge in [-0.3, -0.25) is 4.79 Å². The Morgan fingerprint density at radius 2 is 1.71 bits per heavy atom. The SMILES string of the molecule is O=C([C@H]1CCCCN1S(=O)(=O)c1cc(F)ccc1F)N1CCCC1. The Morgan fingerprint density at radius 1 is 1.04 bits per heavy atom. The average molecular weight is 358 g/mol. The van der Waals surface area contributed by atoms with Crippen LogP contribution in [0.25, 0.3) is 0 Å². The molecular weight excluding hydrogens is 338 g/mol. The Bertz CT molecular complexity index is 733. The molecule has 0 aliphatic carbocycles. The predicted octanol–water partition coefficient (Wildman–Crippen LogP) is 2.13. The molecule has 1 aromatic carbocycles. The van der Waals surface area contributed by atoms with Crippen LogP contribution in [0.15, 0.2) is 23.1 Å². The third kappa shape index (κ3) is 3.17. The Kier molecular flexibility index (Phi) is 4.87. The van der Waals surface area contributed by atoms with Gasteiger partial charge in [-0.1, -0.05) is 6.42 Å². The molecule has 0 spiro atoms. The fourth-order valence-electron chi connectivity index (χ4n) is 3.39. The zero-order valence-electron chi connectivity index (χ0n) is 13.2. The van der Waals surface area contributed by atoms with Crippen LogP contribution in [0, 0.1) is 11.6 Å². The number of likely N-dealkylation sites (tertiary alicyclic amines) is 1. The van der Waals surface area contributed by atoms with Crippen LogP contribution in [-0.2, 0) is 14.8 Å². The first-order valence-electron chi connectivity index (χ1n) is 8.17. The lowest BCUT2D eigenvalue weighted by Gasteiger charge is -2.35. The van der Waals surface area contributed by atoms with E-state index in [0.29, 0.717) is 32.0 Å². The van der Waals surface area contributed by atoms with Gasteiger partial charge < -0.3 is 4.90 Å². The second-order valence-corrected chi connectivity index (χ2v) is 8.09. The van der Waals surface area contributed by atoms with Gasteiger partial charge in [0.1, 0.15) is 22.6 Å². The number of carbonyl (C=O) groups is 1. The van der Waals surface area contributed by atoms with E-state index in [9.17, 15) is 22.0 Å². The second kappa shape index (κ2) is 6.76. The monoisotopic (exact) mass is 358 g/mol. The van der Waals surface area contributed by atoms with E-state index in [0.717, 1.165) is 35.7 Å². The van der Waals surface area contributed by atoms with Crippen LogP contribution >= 0.6 is 0 Å². The predicted molar refractivity (Wildman–Crippen MR) is 83.7 cm³/mol. The van der Waals surface area contributed by atoms with E-state index in [4.69, 9.17) is 0 Å². The summed E-state index contributed by atoms with van der Waals surface area (Å²) in [6.45, 7) is 1.39. The van der Waals surface area contributed by atoms with Crippen molar-refractivity contribution >= 4 is 15.9 Å². The van der Waals surface area contributed by atoms with Crippen LogP contribution in [0.4, 0.5) is 8.78 Å². The van der Waals surface area contributed by atoms with Crippen molar-refractivity contribution in [2.45, 2.75) is 43.0 Å². The molecule has 2 fully saturated rings. The third-order valence-electron chi connectivity index (χ3n) is 4.64. The van der Waals surface area contributed by atoms with Crippen LogP contribution in [0.3, 0.4) is 0 Å². The zero-order chi connectivity index (χ0) is 17.3. The smallest absolute Gasteiger partial charge is 0.246 e. The number of benzene rings is 1. The molecule has 3 rings (SSSR count). The van der Waals surface area contributed by atoms with Crippen molar-refractivity contribution in [3.8, 4) is 0 Å². The van der Waals surface area contributed by atoms with Gasteiger partial charge in [-0.2, -0.15) is 4.31 Å². The van der Waals surface area contributed by atoms with Crippen LogP contribution in [0.5, 0.6) is 0 Å². The molecule has 1 atom stereocenters. The molecule has 1 amide bonds. The highest BCUT2D eigenvalue weighted by Gasteiger charge is 2.40. The van der Waals surface area contributed by atoms with Crippen molar-refractivity contribution in [1.29, 1.82) is 0 Å². The number of hydrogen-bond acceptors (Lipinski definition) is 3. The largest absolute Gasteiger partial charge is 0.341 e. The van der Waals surface area contributed by atoms with Crippen LogP contribution in [0.2, 0.25) is 0 Å². The maximum Gasteiger partial charge on any atom is 0.246 e. The number of amides is 1. The Hall–Kier alpha value is -1.54. The first-order chi connectivity index (χ1) is 11.4. The summed E-state index contributed by atoms with van der Waals surface area (Å²) in [6, 6.07) is 1.52. The molecule has 2 saturated heterocycles. The molecular formula is C16H20F2N2O3S. The molecule has 5 nitrogen and oxygen atoms in total. The van der Waals surface area contributed by atoms with Gasteiger partial charge in [0.05, 0.1) is 0 Å². The maximum atomic E-state index is 14.0. The minimum atomic E-state index is -4.27. The van der Waals surface area contributed by atoms with Crippen LogP contribution in [-0.4, -0.2) is 49.2 Å². The van der Waals surface area contributed by atoms with Gasteiger partial charge in [-0.25, -0.2) is 17.2 Å². The molecule has 0 saturated carbocycles. The van der Waals surface area contributed by atoms with Gasteiger partial charge in [0.25, 0.3) is 0 Å². The third-order valence-corrected chi connectivity index (χ3v) is 6.56. The molecule has 0 aromatic heterocycles. The normalized spacial score (nSPS) is 22.8. The highest BCUT2D eigenvalue weighted by Crippen LogP contribution is 2.29. The lowest BCUT2D eigenvalue weighted by molar-refractivity contribution is -0.135. The molecule has 0 N–H and O–H groups in total. The molecule has 0 radical (unpaired) electrons. The maximum absolute atomic E-state index is 14.0. The molecule has 2 aliphatic heterocycles. The number of halogens is 2. The Balaban J connectivity index is 1.94. The average Bonchev–Trinajstić information content (AvgIpc) is 3.11. The number of rotatable bonds is 3. The molecule has 0 bridgehead atoms. The fourth-order valence-corrected chi connectivity index (χ4v) is 5.12. The van der Waals surface area contributed by atoms with Crippen molar-refractivity contribution < 1.29 is 22.0 Å². The molecule has 24 heavy (non-hydrogen) atoms. The van der Waals surface area contributed by atoms with Gasteiger partial charge in [-0.05, 0) is 43.9 Å². The minimum absolute atomic E-state index is 0.141. The number of carbonyl (C=O) groups excluding carboxylic acids is 1. The summed E-state index contributed by atoms with van der Waals surface area (Å²) < 4.78 is 54.1. The molecule has 2 heterocycles. The zero-order valence-corrected chi connectivity index (χ0v) is 14.1. The van der Waals surface area contributed by atoms with E-state index in [-0.39, 0.29) is 12.5 Å². The quantitative estimate of drug-likeness (QED) is 0.832. The van der Waals surface area contributed by atoms with Gasteiger partial charge >= 0.3 is 0 Å². The Morgan fingerprint density at radius 3 is 2.42 bits per heavy atom. The van der Waals surface area contributed by atoms with E-state index in [1.165, 1.54) is 0 Å². The molecule has 0 unspecified atom stereocenters. The number of nitrogens with zero attached hydrogens (tertiary/aromatic N) is 2. The van der Waals surface area contributed by atoms with E-state index >= 15 is 0 Å². The van der Waals surface area contributed by atoms with Crippen LogP contribution < -0.4 is 0 Å². The summed E-state index contributed by atoms with van der Waals surface area (Å²) in [5.41, 5.74) is 0. The van der Waals surface area contributed by atoms with Crippen molar-refractivity contribution in [1.82, 2.24) is 9.21 Å². The van der Waals surface area contributed by atoms with E-state index in [1.54, 1.807) is 4.90 Å². The summed E-state index contributed by atoms with van der Waals surface area (Å²) in [4.78, 5) is 13.7. The van der Waals surface area contributed by atoms with E-state index < -0.39 is 32.6 Å². The minimum Gasteiger partial charge on any atom is -0.341 e. The Labute approximate surface area is 140 Å². The van der Waals surface area contributed by atoms with E-state index in [2.05, 4.69) is 0 Å². The lowest BCUT2D eigenvalue weighted by Crippen LogP contribution is -2.52. The first-order valence-corrected chi connectivity index (χ1v) is 9.61. The second-order valence-electron chi connectivity index (χ2n) is 6.23. The van der Waals surface area contributed by atoms with E-state index in [1.807, 2.05) is 0 Å². The van der Waals surface area contributed by atoms with Gasteiger partial charge in [0.15, 0.2) is 0 Å². The van der Waals surface area contributed by atoms with Crippen molar-refractivity contribution in [3.05, 3.63) is 29.8 Å². The van der Waals surface area contributed by atoms with Crippen molar-refractivity contribution in [2.75, 3.05) is 19.6 Å². The number of sulfonamides is 1. The summed E-state index contributed by atoms with van der Waals surface area (Å²) in [5, 5.41) is 0. The van der Waals surface area contributed by atoms with Crippen molar-refractivity contribution in [2.24, 2.45) is 0 Å². The summed E-state index contributed by atoms with van der Waals surface area (Å²) >= 11 is 0. The highest BCUT2D eigenvalue weighted by atomic mass is 32.2. The molecule has 8 heteroatoms. The lowest BCUT2D eigenvalue weighted by atomic mass is 10.0. The standard InChI is InChI=1S/C16H20F2N2O3S/c17-12-6-7-13(18)15(11-12)24(22,23)20-10-2-1-5-14(20)16(21)19-8-3-4-9-19/h6-7,11,14H,1-5,8-10H2/t14-/m1/s1. The highest BCUT2D eigenvalue weighted by molar-refractivity contribution is 7.89. The van der Waals surface area contributed by atoms with Crippen LogP contribution in [0.1, 0.15) is 32.1 Å². The van der Waals surface area contributed by atoms with Gasteiger partial charge in [0, 0.05) is 19.6 Å².